The van der Waals surface area contributed by atoms with E-state index in [0.717, 1.165) is 36.1 Å². The molecular weight excluding hydrogens is 390 g/mol. The average Bonchev–Trinajstić information content (AvgIpc) is 3.59. The van der Waals surface area contributed by atoms with Crippen molar-refractivity contribution in [3.05, 3.63) is 74.7 Å². The molecule has 2 aromatic carbocycles. The van der Waals surface area contributed by atoms with Gasteiger partial charge in [0.05, 0.1) is 11.4 Å². The summed E-state index contributed by atoms with van der Waals surface area (Å²) in [6.07, 6.45) is 7.16. The van der Waals surface area contributed by atoms with Gasteiger partial charge in [0.2, 0.25) is 0 Å². The van der Waals surface area contributed by atoms with Crippen LogP contribution >= 0.6 is 0 Å². The second-order valence-corrected chi connectivity index (χ2v) is 8.56. The first-order valence-corrected chi connectivity index (χ1v) is 11.0. The van der Waals surface area contributed by atoms with Gasteiger partial charge in [-0.25, -0.2) is 4.79 Å². The van der Waals surface area contributed by atoms with Gasteiger partial charge >= 0.3 is 5.69 Å². The van der Waals surface area contributed by atoms with E-state index in [1.165, 1.54) is 45.3 Å². The minimum atomic E-state index is -0.275. The largest absolute Gasteiger partial charge is 0.391 e. The van der Waals surface area contributed by atoms with Gasteiger partial charge in [-0.05, 0) is 96.2 Å². The predicted molar refractivity (Wildman–Crippen MR) is 119 cm³/mol. The molecule has 2 aliphatic carbocycles. The molecule has 0 bridgehead atoms. The summed E-state index contributed by atoms with van der Waals surface area (Å²) in [5.74, 6) is 0.511. The number of tetrazole rings is 1. The van der Waals surface area contributed by atoms with Crippen molar-refractivity contribution in [3.63, 3.8) is 0 Å². The zero-order valence-corrected chi connectivity index (χ0v) is 18.0. The quantitative estimate of drug-likeness (QED) is 0.453. The van der Waals surface area contributed by atoms with Crippen molar-refractivity contribution in [1.29, 1.82) is 0 Å². The molecule has 0 atom stereocenters. The maximum absolute atomic E-state index is 12.4. The summed E-state index contributed by atoms with van der Waals surface area (Å²) in [5.41, 5.74) is 7.44. The Hall–Kier alpha value is -3.22. The Kier molecular flexibility index (Phi) is 5.18. The summed E-state index contributed by atoms with van der Waals surface area (Å²) in [6.45, 7) is 2.26. The minimum absolute atomic E-state index is 0.275. The van der Waals surface area contributed by atoms with Crippen LogP contribution in [0.2, 0.25) is 0 Å². The fourth-order valence-corrected chi connectivity index (χ4v) is 4.39. The van der Waals surface area contributed by atoms with E-state index in [-0.39, 0.29) is 12.3 Å². The van der Waals surface area contributed by atoms with Crippen molar-refractivity contribution >= 4 is 5.71 Å². The molecule has 1 heterocycles. The van der Waals surface area contributed by atoms with Gasteiger partial charge in [-0.15, -0.1) is 0 Å². The van der Waals surface area contributed by atoms with Crippen LogP contribution in [0, 0.1) is 0 Å². The van der Waals surface area contributed by atoms with Crippen LogP contribution < -0.4 is 5.69 Å². The van der Waals surface area contributed by atoms with Gasteiger partial charge in [0.1, 0.15) is 6.61 Å². The highest BCUT2D eigenvalue weighted by molar-refractivity contribution is 5.98. The van der Waals surface area contributed by atoms with E-state index in [0.29, 0.717) is 11.6 Å². The van der Waals surface area contributed by atoms with Crippen LogP contribution in [0.25, 0.3) is 5.69 Å². The fourth-order valence-electron chi connectivity index (χ4n) is 4.39. The molecule has 160 valence electrons. The van der Waals surface area contributed by atoms with Crippen molar-refractivity contribution in [2.45, 2.75) is 58.0 Å². The summed E-state index contributed by atoms with van der Waals surface area (Å²) < 4.78 is 2.57. The second kappa shape index (κ2) is 8.13. The minimum Gasteiger partial charge on any atom is -0.391 e. The van der Waals surface area contributed by atoms with E-state index in [9.17, 15) is 4.79 Å². The van der Waals surface area contributed by atoms with Crippen LogP contribution in [-0.2, 0) is 31.3 Å². The Bertz CT molecular complexity index is 1200. The first kappa shape index (κ1) is 19.7. The number of benzene rings is 2. The molecule has 0 amide bonds. The van der Waals surface area contributed by atoms with Crippen molar-refractivity contribution in [3.8, 4) is 5.69 Å². The first-order chi connectivity index (χ1) is 15.1. The third-order valence-electron chi connectivity index (χ3n) is 6.33. The molecule has 0 N–H and O–H groups in total. The topological polar surface area (TPSA) is 74.3 Å². The smallest absolute Gasteiger partial charge is 0.368 e. The van der Waals surface area contributed by atoms with Crippen molar-refractivity contribution in [1.82, 2.24) is 19.8 Å². The first-order valence-electron chi connectivity index (χ1n) is 11.0. The highest BCUT2D eigenvalue weighted by Gasteiger charge is 2.28. The van der Waals surface area contributed by atoms with E-state index in [4.69, 9.17) is 4.84 Å². The summed E-state index contributed by atoms with van der Waals surface area (Å²) in [6, 6.07) is 12.6. The number of oxime groups is 1. The molecule has 1 saturated carbocycles. The molecular formula is C24H27N5O2. The molecule has 31 heavy (non-hydrogen) atoms. The van der Waals surface area contributed by atoms with E-state index >= 15 is 0 Å². The van der Waals surface area contributed by atoms with Crippen LogP contribution in [0.4, 0.5) is 0 Å². The molecule has 1 aromatic heterocycles. The maximum atomic E-state index is 12.4. The van der Waals surface area contributed by atoms with Crippen LogP contribution in [-0.4, -0.2) is 25.5 Å². The Labute approximate surface area is 181 Å². The summed E-state index contributed by atoms with van der Waals surface area (Å²) in [7, 11) is 1.60. The molecule has 0 saturated heterocycles. The number of rotatable bonds is 6. The SMILES string of the molecule is C/C(=N/OCc1c(C2CC2)cccc1-n1nnn(C)c1=O)c1ccc2c(c1)CCCC2. The fraction of sp³-hybridized carbons (Fsp3) is 0.417. The van der Waals surface area contributed by atoms with Gasteiger partial charge in [0, 0.05) is 12.6 Å². The molecule has 0 unspecified atom stereocenters. The van der Waals surface area contributed by atoms with Crippen LogP contribution in [0.1, 0.15) is 66.3 Å². The summed E-state index contributed by atoms with van der Waals surface area (Å²) in [5, 5.41) is 12.3. The number of aryl methyl sites for hydroxylation is 3. The van der Waals surface area contributed by atoms with Gasteiger partial charge in [-0.3, -0.25) is 0 Å². The molecule has 5 rings (SSSR count). The molecule has 2 aliphatic rings. The van der Waals surface area contributed by atoms with Gasteiger partial charge in [-0.1, -0.05) is 29.4 Å². The lowest BCUT2D eigenvalue weighted by Crippen LogP contribution is -2.23. The lowest BCUT2D eigenvalue weighted by Gasteiger charge is -2.16. The van der Waals surface area contributed by atoms with Crippen LogP contribution in [0.5, 0.6) is 0 Å². The number of hydrogen-bond acceptors (Lipinski definition) is 5. The number of nitrogens with zero attached hydrogens (tertiary/aromatic N) is 5. The molecule has 3 aromatic rings. The average molecular weight is 418 g/mol. The molecule has 0 spiro atoms. The standard InChI is InChI=1S/C24H27N5O2/c1-16(19-13-10-17-6-3-4-7-20(17)14-19)25-31-15-22-21(18-11-12-18)8-5-9-23(22)29-24(30)28(2)26-27-29/h5,8-10,13-14,18H,3-4,6-7,11-12,15H2,1-2H3/b25-16-. The number of aromatic nitrogens is 4. The normalized spacial score (nSPS) is 16.3. The number of hydrogen-bond donors (Lipinski definition) is 0. The lowest BCUT2D eigenvalue weighted by molar-refractivity contribution is 0.129. The Balaban J connectivity index is 1.41. The van der Waals surface area contributed by atoms with E-state index in [1.54, 1.807) is 7.05 Å². The third-order valence-corrected chi connectivity index (χ3v) is 6.33. The van der Waals surface area contributed by atoms with Crippen molar-refractivity contribution in [2.24, 2.45) is 12.2 Å². The zero-order valence-electron chi connectivity index (χ0n) is 18.0. The Morgan fingerprint density at radius 2 is 1.94 bits per heavy atom. The molecule has 7 nitrogen and oxygen atoms in total. The second-order valence-electron chi connectivity index (χ2n) is 8.56. The van der Waals surface area contributed by atoms with Gasteiger partial charge in [0.15, 0.2) is 0 Å². The van der Waals surface area contributed by atoms with Crippen LogP contribution in [0.15, 0.2) is 46.3 Å². The third kappa shape index (κ3) is 3.92. The molecule has 7 heteroatoms. The summed E-state index contributed by atoms with van der Waals surface area (Å²) in [4.78, 5) is 18.3. The van der Waals surface area contributed by atoms with Crippen LogP contribution in [0.3, 0.4) is 0 Å². The van der Waals surface area contributed by atoms with Gasteiger partial charge in [0.25, 0.3) is 0 Å². The lowest BCUT2D eigenvalue weighted by atomic mass is 9.90. The van der Waals surface area contributed by atoms with E-state index < -0.39 is 0 Å². The monoisotopic (exact) mass is 417 g/mol. The van der Waals surface area contributed by atoms with E-state index in [1.807, 2.05) is 19.1 Å². The Morgan fingerprint density at radius 3 is 2.68 bits per heavy atom. The Morgan fingerprint density at radius 1 is 1.13 bits per heavy atom. The van der Waals surface area contributed by atoms with Crippen molar-refractivity contribution < 1.29 is 4.84 Å². The number of fused-ring (bicyclic) bond motifs is 1. The molecule has 0 radical (unpaired) electrons. The van der Waals surface area contributed by atoms with E-state index in [2.05, 4.69) is 39.8 Å². The molecule has 1 fully saturated rings. The maximum Gasteiger partial charge on any atom is 0.368 e. The zero-order chi connectivity index (χ0) is 21.4. The van der Waals surface area contributed by atoms with Crippen molar-refractivity contribution in [2.75, 3.05) is 0 Å². The molecule has 0 aliphatic heterocycles. The predicted octanol–water partition coefficient (Wildman–Crippen LogP) is 3.66. The summed E-state index contributed by atoms with van der Waals surface area (Å²) >= 11 is 0. The van der Waals surface area contributed by atoms with Gasteiger partial charge < -0.3 is 4.84 Å². The van der Waals surface area contributed by atoms with Gasteiger partial charge in [-0.2, -0.15) is 9.36 Å². The highest BCUT2D eigenvalue weighted by Crippen LogP contribution is 2.43. The highest BCUT2D eigenvalue weighted by atomic mass is 16.6.